The van der Waals surface area contributed by atoms with Gasteiger partial charge in [-0.05, 0) is 52.8 Å². The minimum absolute atomic E-state index is 0.286. The molecule has 1 aromatic rings. The van der Waals surface area contributed by atoms with Crippen molar-refractivity contribution < 1.29 is 9.31 Å². The second kappa shape index (κ2) is 8.22. The first-order valence-electron chi connectivity index (χ1n) is 10.2. The van der Waals surface area contributed by atoms with Crippen LogP contribution >= 0.6 is 0 Å². The summed E-state index contributed by atoms with van der Waals surface area (Å²) in [6.07, 6.45) is 0. The van der Waals surface area contributed by atoms with Crippen LogP contribution in [0.25, 0.3) is 0 Å². The van der Waals surface area contributed by atoms with Gasteiger partial charge in [-0.2, -0.15) is 0 Å². The molecule has 0 aliphatic carbocycles. The lowest BCUT2D eigenvalue weighted by molar-refractivity contribution is 0.00578. The third-order valence-corrected chi connectivity index (χ3v) is 6.32. The molecule has 0 amide bonds. The molecule has 0 radical (unpaired) electrons. The molecule has 2 saturated heterocycles. The van der Waals surface area contributed by atoms with E-state index in [1.165, 1.54) is 31.7 Å². The molecule has 0 N–H and O–H groups in total. The van der Waals surface area contributed by atoms with Crippen LogP contribution in [-0.2, 0) is 15.9 Å². The Labute approximate surface area is 165 Å². The van der Waals surface area contributed by atoms with Gasteiger partial charge >= 0.3 is 7.12 Å². The summed E-state index contributed by atoms with van der Waals surface area (Å²) in [6.45, 7) is 16.3. The Balaban J connectivity index is 1.53. The van der Waals surface area contributed by atoms with Gasteiger partial charge in [-0.3, -0.25) is 4.90 Å². The van der Waals surface area contributed by atoms with Crippen molar-refractivity contribution in [3.05, 3.63) is 29.8 Å². The predicted octanol–water partition coefficient (Wildman–Crippen LogP) is 1.67. The molecule has 150 valence electrons. The molecule has 0 bridgehead atoms. The summed E-state index contributed by atoms with van der Waals surface area (Å²) in [5.74, 6) is 0. The summed E-state index contributed by atoms with van der Waals surface area (Å²) < 4.78 is 12.4. The van der Waals surface area contributed by atoms with Gasteiger partial charge in [0.05, 0.1) is 11.2 Å². The Bertz CT molecular complexity index is 614. The van der Waals surface area contributed by atoms with Crippen molar-refractivity contribution in [2.24, 2.45) is 0 Å². The molecule has 27 heavy (non-hydrogen) atoms. The number of hydrogen-bond donors (Lipinski definition) is 0. The van der Waals surface area contributed by atoms with Crippen molar-refractivity contribution in [2.75, 3.05) is 53.4 Å². The van der Waals surface area contributed by atoms with Crippen molar-refractivity contribution in [3.63, 3.8) is 0 Å². The first kappa shape index (κ1) is 20.8. The molecule has 6 heteroatoms. The molecule has 0 aromatic heterocycles. The van der Waals surface area contributed by atoms with Gasteiger partial charge in [0.25, 0.3) is 0 Å². The second-order valence-electron chi connectivity index (χ2n) is 9.22. The fourth-order valence-corrected chi connectivity index (χ4v) is 3.59. The van der Waals surface area contributed by atoms with Crippen molar-refractivity contribution in [2.45, 2.75) is 45.4 Å². The molecule has 0 spiro atoms. The van der Waals surface area contributed by atoms with Crippen molar-refractivity contribution in [1.82, 2.24) is 14.7 Å². The Morgan fingerprint density at radius 1 is 1.04 bits per heavy atom. The highest BCUT2D eigenvalue weighted by atomic mass is 16.7. The highest BCUT2D eigenvalue weighted by Gasteiger charge is 2.51. The number of hydrogen-bond acceptors (Lipinski definition) is 5. The molecule has 1 aromatic carbocycles. The lowest BCUT2D eigenvalue weighted by Gasteiger charge is -2.33. The van der Waals surface area contributed by atoms with E-state index in [1.807, 2.05) is 0 Å². The van der Waals surface area contributed by atoms with Gasteiger partial charge in [-0.1, -0.05) is 24.3 Å². The van der Waals surface area contributed by atoms with Crippen molar-refractivity contribution >= 4 is 12.6 Å². The quantitative estimate of drug-likeness (QED) is 0.708. The third kappa shape index (κ3) is 5.12. The number of benzene rings is 1. The van der Waals surface area contributed by atoms with E-state index in [4.69, 9.17) is 9.31 Å². The maximum atomic E-state index is 6.20. The molecule has 2 aliphatic rings. The number of rotatable bonds is 6. The van der Waals surface area contributed by atoms with Crippen LogP contribution in [0.2, 0.25) is 0 Å². The zero-order valence-corrected chi connectivity index (χ0v) is 18.0. The monoisotopic (exact) mass is 373 g/mol. The van der Waals surface area contributed by atoms with E-state index in [1.54, 1.807) is 0 Å². The standard InChI is InChI=1S/C21H36BN3O2/c1-20(2)21(3,4)27-22(26-20)19-9-7-8-18(16-19)17-24(6)12-15-25-13-10-23(5)11-14-25/h7-9,16H,10-15,17H2,1-6H3. The third-order valence-electron chi connectivity index (χ3n) is 6.32. The molecule has 3 rings (SSSR count). The minimum Gasteiger partial charge on any atom is -0.399 e. The summed E-state index contributed by atoms with van der Waals surface area (Å²) in [7, 11) is 4.12. The van der Waals surface area contributed by atoms with Gasteiger partial charge in [0.2, 0.25) is 0 Å². The Hall–Kier alpha value is -0.915. The summed E-state index contributed by atoms with van der Waals surface area (Å²) in [6, 6.07) is 8.65. The van der Waals surface area contributed by atoms with Gasteiger partial charge in [0, 0.05) is 45.8 Å². The Morgan fingerprint density at radius 2 is 1.67 bits per heavy atom. The first-order chi connectivity index (χ1) is 12.7. The molecular weight excluding hydrogens is 337 g/mol. The van der Waals surface area contributed by atoms with Crippen LogP contribution in [0.4, 0.5) is 0 Å². The van der Waals surface area contributed by atoms with E-state index in [9.17, 15) is 0 Å². The van der Waals surface area contributed by atoms with Crippen LogP contribution in [-0.4, -0.2) is 86.4 Å². The molecular formula is C21H36BN3O2. The molecule has 0 saturated carbocycles. The number of likely N-dealkylation sites (N-methyl/N-ethyl adjacent to an activating group) is 2. The summed E-state index contributed by atoms with van der Waals surface area (Å²) in [4.78, 5) is 7.38. The first-order valence-corrected chi connectivity index (χ1v) is 10.2. The topological polar surface area (TPSA) is 28.2 Å². The van der Waals surface area contributed by atoms with E-state index >= 15 is 0 Å². The minimum atomic E-state index is -0.299. The zero-order valence-electron chi connectivity index (χ0n) is 18.0. The van der Waals surface area contributed by atoms with E-state index in [-0.39, 0.29) is 18.3 Å². The van der Waals surface area contributed by atoms with Gasteiger partial charge in [0.15, 0.2) is 0 Å². The van der Waals surface area contributed by atoms with Crippen LogP contribution < -0.4 is 5.46 Å². The fourth-order valence-electron chi connectivity index (χ4n) is 3.59. The second-order valence-corrected chi connectivity index (χ2v) is 9.22. The molecule has 5 nitrogen and oxygen atoms in total. The summed E-state index contributed by atoms with van der Waals surface area (Å²) >= 11 is 0. The highest BCUT2D eigenvalue weighted by Crippen LogP contribution is 2.36. The van der Waals surface area contributed by atoms with Crippen LogP contribution in [0.15, 0.2) is 24.3 Å². The van der Waals surface area contributed by atoms with Gasteiger partial charge < -0.3 is 19.1 Å². The Kier molecular flexibility index (Phi) is 6.33. The molecule has 2 aliphatic heterocycles. The van der Waals surface area contributed by atoms with Gasteiger partial charge in [0.1, 0.15) is 0 Å². The van der Waals surface area contributed by atoms with E-state index in [2.05, 4.69) is 80.8 Å². The average molecular weight is 373 g/mol. The molecule has 0 atom stereocenters. The average Bonchev–Trinajstić information content (AvgIpc) is 2.82. The van der Waals surface area contributed by atoms with E-state index in [0.717, 1.165) is 25.1 Å². The van der Waals surface area contributed by atoms with Gasteiger partial charge in [-0.15, -0.1) is 0 Å². The normalized spacial score (nSPS) is 23.3. The summed E-state index contributed by atoms with van der Waals surface area (Å²) in [5, 5.41) is 0. The highest BCUT2D eigenvalue weighted by molar-refractivity contribution is 6.62. The fraction of sp³-hybridized carbons (Fsp3) is 0.714. The maximum Gasteiger partial charge on any atom is 0.494 e. The van der Waals surface area contributed by atoms with E-state index < -0.39 is 0 Å². The smallest absolute Gasteiger partial charge is 0.399 e. The van der Waals surface area contributed by atoms with Crippen LogP contribution in [0.3, 0.4) is 0 Å². The Morgan fingerprint density at radius 3 is 2.30 bits per heavy atom. The molecule has 2 heterocycles. The predicted molar refractivity (Wildman–Crippen MR) is 112 cm³/mol. The van der Waals surface area contributed by atoms with Gasteiger partial charge in [-0.25, -0.2) is 0 Å². The van der Waals surface area contributed by atoms with Crippen molar-refractivity contribution in [1.29, 1.82) is 0 Å². The van der Waals surface area contributed by atoms with Crippen LogP contribution in [0.5, 0.6) is 0 Å². The van der Waals surface area contributed by atoms with Crippen LogP contribution in [0, 0.1) is 0 Å². The number of piperazine rings is 1. The number of nitrogens with zero attached hydrogens (tertiary/aromatic N) is 3. The van der Waals surface area contributed by atoms with E-state index in [0.29, 0.717) is 0 Å². The lowest BCUT2D eigenvalue weighted by Crippen LogP contribution is -2.46. The largest absolute Gasteiger partial charge is 0.494 e. The zero-order chi connectivity index (χ0) is 19.7. The SMILES string of the molecule is CN1CCN(CCN(C)Cc2cccc(B3OC(C)(C)C(C)(C)O3)c2)CC1. The van der Waals surface area contributed by atoms with Crippen LogP contribution in [0.1, 0.15) is 33.3 Å². The van der Waals surface area contributed by atoms with Crippen molar-refractivity contribution in [3.8, 4) is 0 Å². The maximum absolute atomic E-state index is 6.20. The molecule has 0 unspecified atom stereocenters. The summed E-state index contributed by atoms with van der Waals surface area (Å²) in [5.41, 5.74) is 1.82. The molecule has 2 fully saturated rings. The lowest BCUT2D eigenvalue weighted by atomic mass is 9.78.